The average molecular weight is 294 g/mol. The van der Waals surface area contributed by atoms with Crippen molar-refractivity contribution in [2.24, 2.45) is 11.3 Å². The maximum Gasteiger partial charge on any atom is 0.226 e. The Balaban J connectivity index is 0.000000178. The van der Waals surface area contributed by atoms with Gasteiger partial charge >= 0.3 is 0 Å². The number of carbonyl (C=O) groups is 1. The molecule has 3 rings (SSSR count). The Labute approximate surface area is 126 Å². The van der Waals surface area contributed by atoms with Gasteiger partial charge < -0.3 is 5.32 Å². The van der Waals surface area contributed by atoms with E-state index < -0.39 is 0 Å². The number of hydrogen-bond donors (Lipinski definition) is 1. The number of hydrogen-bond acceptors (Lipinski definition) is 1. The zero-order valence-electron chi connectivity index (χ0n) is 12.4. The molecule has 0 radical (unpaired) electrons. The van der Waals surface area contributed by atoms with Crippen LogP contribution in [0.5, 0.6) is 0 Å². The molecule has 1 saturated carbocycles. The highest BCUT2D eigenvalue weighted by molar-refractivity contribution is 6.30. The van der Waals surface area contributed by atoms with Crippen molar-refractivity contribution in [2.75, 3.05) is 0 Å². The van der Waals surface area contributed by atoms with E-state index >= 15 is 0 Å². The van der Waals surface area contributed by atoms with E-state index in [-0.39, 0.29) is 5.41 Å². The van der Waals surface area contributed by atoms with E-state index in [1.807, 2.05) is 30.3 Å². The minimum Gasteiger partial charge on any atom is -0.353 e. The van der Waals surface area contributed by atoms with Gasteiger partial charge in [0.15, 0.2) is 0 Å². The van der Waals surface area contributed by atoms with Crippen LogP contribution in [-0.4, -0.2) is 11.9 Å². The maximum absolute atomic E-state index is 11.9. The van der Waals surface area contributed by atoms with Crippen molar-refractivity contribution in [3.63, 3.8) is 0 Å². The Morgan fingerprint density at radius 3 is 2.50 bits per heavy atom. The van der Waals surface area contributed by atoms with E-state index in [1.165, 1.54) is 19.3 Å². The van der Waals surface area contributed by atoms with Gasteiger partial charge in [0, 0.05) is 11.1 Å². The zero-order chi connectivity index (χ0) is 14.6. The minimum absolute atomic E-state index is 0.0116. The first-order valence-corrected chi connectivity index (χ1v) is 7.99. The van der Waals surface area contributed by atoms with E-state index in [9.17, 15) is 4.79 Å². The monoisotopic (exact) mass is 293 g/mol. The lowest BCUT2D eigenvalue weighted by molar-refractivity contribution is -0.130. The molecule has 0 aromatic heterocycles. The SMILES string of the molecule is CCC12CCCCC1C(C)NC2=O.Clc1ccccc1. The van der Waals surface area contributed by atoms with Crippen LogP contribution in [0.2, 0.25) is 5.02 Å². The Hall–Kier alpha value is -1.02. The van der Waals surface area contributed by atoms with Crippen molar-refractivity contribution in [2.45, 2.75) is 52.0 Å². The average Bonchev–Trinajstić information content (AvgIpc) is 2.73. The molecule has 0 spiro atoms. The molecule has 1 aliphatic carbocycles. The quantitative estimate of drug-likeness (QED) is 0.815. The lowest BCUT2D eigenvalue weighted by Gasteiger charge is -2.36. The molecule has 1 N–H and O–H groups in total. The van der Waals surface area contributed by atoms with Crippen LogP contribution in [0, 0.1) is 11.3 Å². The first kappa shape index (κ1) is 15.4. The van der Waals surface area contributed by atoms with Gasteiger partial charge in [-0.2, -0.15) is 0 Å². The second-order valence-corrected chi connectivity index (χ2v) is 6.36. The second-order valence-electron chi connectivity index (χ2n) is 5.92. The summed E-state index contributed by atoms with van der Waals surface area (Å²) in [6, 6.07) is 9.85. The van der Waals surface area contributed by atoms with E-state index in [0.717, 1.165) is 17.9 Å². The molecule has 2 fully saturated rings. The fourth-order valence-corrected chi connectivity index (χ4v) is 3.89. The predicted octanol–water partition coefficient (Wildman–Crippen LogP) is 4.43. The van der Waals surface area contributed by atoms with Crippen LogP contribution in [0.3, 0.4) is 0 Å². The molecule has 1 amide bonds. The van der Waals surface area contributed by atoms with Crippen LogP contribution in [0.1, 0.15) is 46.0 Å². The molecule has 1 saturated heterocycles. The molecule has 0 bridgehead atoms. The molecule has 1 aromatic rings. The standard InChI is InChI=1S/C11H19NO.C6H5Cl/c1-3-11-7-5-4-6-9(11)8(2)12-10(11)13;7-6-4-2-1-3-5-6/h8-9H,3-7H2,1-2H3,(H,12,13);1-5H. The molecule has 2 nitrogen and oxygen atoms in total. The normalized spacial score (nSPS) is 31.9. The van der Waals surface area contributed by atoms with Crippen molar-refractivity contribution >= 4 is 17.5 Å². The van der Waals surface area contributed by atoms with Gasteiger partial charge in [-0.25, -0.2) is 0 Å². The van der Waals surface area contributed by atoms with Crippen LogP contribution < -0.4 is 5.32 Å². The molecule has 3 heteroatoms. The highest BCUT2D eigenvalue weighted by atomic mass is 35.5. The summed E-state index contributed by atoms with van der Waals surface area (Å²) < 4.78 is 0. The van der Waals surface area contributed by atoms with Gasteiger partial charge in [-0.15, -0.1) is 0 Å². The third-order valence-corrected chi connectivity index (χ3v) is 5.13. The van der Waals surface area contributed by atoms with E-state index in [1.54, 1.807) is 0 Å². The molecule has 110 valence electrons. The molecule has 3 unspecified atom stereocenters. The third kappa shape index (κ3) is 3.01. The number of fused-ring (bicyclic) bond motifs is 1. The van der Waals surface area contributed by atoms with Crippen LogP contribution in [0.4, 0.5) is 0 Å². The first-order chi connectivity index (χ1) is 9.60. The van der Waals surface area contributed by atoms with Gasteiger partial charge in [0.25, 0.3) is 0 Å². The van der Waals surface area contributed by atoms with E-state index in [4.69, 9.17) is 11.6 Å². The molecular weight excluding hydrogens is 270 g/mol. The molecular formula is C17H24ClNO. The Morgan fingerprint density at radius 1 is 1.30 bits per heavy atom. The number of halogens is 1. The summed E-state index contributed by atoms with van der Waals surface area (Å²) in [6.07, 6.45) is 5.93. The largest absolute Gasteiger partial charge is 0.353 e. The molecule has 3 atom stereocenters. The fraction of sp³-hybridized carbons (Fsp3) is 0.588. The van der Waals surface area contributed by atoms with Gasteiger partial charge in [0.2, 0.25) is 5.91 Å². The van der Waals surface area contributed by atoms with Crippen LogP contribution in [-0.2, 0) is 4.79 Å². The Morgan fingerprint density at radius 2 is 2.00 bits per heavy atom. The number of benzene rings is 1. The van der Waals surface area contributed by atoms with Crippen molar-refractivity contribution < 1.29 is 4.79 Å². The summed E-state index contributed by atoms with van der Waals surface area (Å²) in [7, 11) is 0. The van der Waals surface area contributed by atoms with Crippen molar-refractivity contribution in [1.82, 2.24) is 5.32 Å². The summed E-state index contributed by atoms with van der Waals surface area (Å²) in [6.45, 7) is 4.32. The van der Waals surface area contributed by atoms with Gasteiger partial charge in [-0.1, -0.05) is 49.6 Å². The molecule has 2 aliphatic rings. The summed E-state index contributed by atoms with van der Waals surface area (Å²) in [4.78, 5) is 11.9. The molecule has 1 aromatic carbocycles. The molecule has 1 aliphatic heterocycles. The summed E-state index contributed by atoms with van der Waals surface area (Å²) >= 11 is 5.54. The maximum atomic E-state index is 11.9. The topological polar surface area (TPSA) is 29.1 Å². The number of nitrogens with one attached hydrogen (secondary N) is 1. The Kier molecular flexibility index (Phi) is 5.09. The first-order valence-electron chi connectivity index (χ1n) is 7.61. The highest BCUT2D eigenvalue weighted by Crippen LogP contribution is 2.49. The summed E-state index contributed by atoms with van der Waals surface area (Å²) in [5.41, 5.74) is 0.0116. The van der Waals surface area contributed by atoms with Crippen molar-refractivity contribution in [3.05, 3.63) is 35.4 Å². The van der Waals surface area contributed by atoms with Gasteiger partial charge in [0.1, 0.15) is 0 Å². The minimum atomic E-state index is 0.0116. The number of rotatable bonds is 1. The molecule has 1 heterocycles. The lowest BCUT2D eigenvalue weighted by atomic mass is 9.65. The fourth-order valence-electron chi connectivity index (χ4n) is 3.74. The zero-order valence-corrected chi connectivity index (χ0v) is 13.1. The van der Waals surface area contributed by atoms with Crippen LogP contribution in [0.25, 0.3) is 0 Å². The number of carbonyl (C=O) groups excluding carboxylic acids is 1. The van der Waals surface area contributed by atoms with Crippen LogP contribution in [0.15, 0.2) is 30.3 Å². The number of amides is 1. The molecule has 20 heavy (non-hydrogen) atoms. The van der Waals surface area contributed by atoms with Gasteiger partial charge in [-0.3, -0.25) is 4.79 Å². The summed E-state index contributed by atoms with van der Waals surface area (Å²) in [5, 5.41) is 3.91. The van der Waals surface area contributed by atoms with Gasteiger partial charge in [-0.05, 0) is 44.2 Å². The highest BCUT2D eigenvalue weighted by Gasteiger charge is 2.52. The van der Waals surface area contributed by atoms with E-state index in [2.05, 4.69) is 19.2 Å². The lowest BCUT2D eigenvalue weighted by Crippen LogP contribution is -2.37. The van der Waals surface area contributed by atoms with Crippen molar-refractivity contribution in [1.29, 1.82) is 0 Å². The van der Waals surface area contributed by atoms with Crippen molar-refractivity contribution in [3.8, 4) is 0 Å². The van der Waals surface area contributed by atoms with Crippen LogP contribution >= 0.6 is 11.6 Å². The van der Waals surface area contributed by atoms with Gasteiger partial charge in [0.05, 0.1) is 5.41 Å². The smallest absolute Gasteiger partial charge is 0.226 e. The predicted molar refractivity (Wildman–Crippen MR) is 83.7 cm³/mol. The Bertz CT molecular complexity index is 448. The van der Waals surface area contributed by atoms with E-state index in [0.29, 0.717) is 17.9 Å². The third-order valence-electron chi connectivity index (χ3n) is 4.88. The summed E-state index contributed by atoms with van der Waals surface area (Å²) in [5.74, 6) is 0.936. The second kappa shape index (κ2) is 6.62.